The quantitative estimate of drug-likeness (QED) is 0.272. The molecule has 2 unspecified atom stereocenters. The molecule has 6 rings (SSSR count). The summed E-state index contributed by atoms with van der Waals surface area (Å²) in [7, 11) is 0. The number of fused-ring (bicyclic) bond motifs is 2. The Kier molecular flexibility index (Phi) is 18.6. The third kappa shape index (κ3) is 12.5. The van der Waals surface area contributed by atoms with E-state index in [2.05, 4.69) is 0 Å². The molecule has 264 valence electrons. The number of hydrogen-bond donors (Lipinski definition) is 3. The molecule has 3 N–H and O–H groups in total. The van der Waals surface area contributed by atoms with Gasteiger partial charge in [0, 0.05) is 11.9 Å². The Morgan fingerprint density at radius 1 is 0.714 bits per heavy atom. The zero-order valence-corrected chi connectivity index (χ0v) is 28.6. The Bertz CT molecular complexity index is 1350. The molecule has 0 radical (unpaired) electrons. The Morgan fingerprint density at radius 3 is 1.59 bits per heavy atom. The SMILES string of the molecule is CCOC(=O)C1OCCc2ccccc21.CCOC(=O)[C@@H]1CCC[C@@H]1O.O=C(O)C1OCCc2ccccc21.O=C([O-])[C@@H]1CCC[C@@H]1O.[Li+]. The molecule has 2 aliphatic carbocycles. The minimum absolute atomic E-state index is 0. The third-order valence-electron chi connectivity index (χ3n) is 8.56. The summed E-state index contributed by atoms with van der Waals surface area (Å²) in [4.78, 5) is 43.6. The average Bonchev–Trinajstić information content (AvgIpc) is 3.73. The first-order chi connectivity index (χ1) is 23.1. The zero-order chi connectivity index (χ0) is 35.1. The summed E-state index contributed by atoms with van der Waals surface area (Å²) in [6.07, 6.45) is 3.69. The van der Waals surface area contributed by atoms with Crippen LogP contribution in [0, 0.1) is 11.8 Å². The molecule has 2 heterocycles. The van der Waals surface area contributed by atoms with Crippen LogP contribution in [0.2, 0.25) is 0 Å². The normalized spacial score (nSPS) is 24.7. The number of carbonyl (C=O) groups is 4. The maximum Gasteiger partial charge on any atom is 1.00 e. The number of aliphatic carboxylic acids is 2. The zero-order valence-electron chi connectivity index (χ0n) is 28.6. The summed E-state index contributed by atoms with van der Waals surface area (Å²) in [5, 5.41) is 37.2. The number of rotatable bonds is 6. The second kappa shape index (κ2) is 21.8. The van der Waals surface area contributed by atoms with Crippen LogP contribution < -0.4 is 24.0 Å². The van der Waals surface area contributed by atoms with Crippen LogP contribution in [0.25, 0.3) is 0 Å². The number of aliphatic hydroxyl groups excluding tert-OH is 2. The average molecular weight is 679 g/mol. The fourth-order valence-electron chi connectivity index (χ4n) is 6.09. The first kappa shape index (κ1) is 41.9. The van der Waals surface area contributed by atoms with E-state index in [0.717, 1.165) is 55.2 Å². The smallest absolute Gasteiger partial charge is 0.550 e. The number of ether oxygens (including phenoxy) is 4. The molecule has 0 spiro atoms. The monoisotopic (exact) mass is 678 g/mol. The van der Waals surface area contributed by atoms with Crippen molar-refractivity contribution in [3.8, 4) is 0 Å². The van der Waals surface area contributed by atoms with Crippen molar-refractivity contribution in [1.29, 1.82) is 0 Å². The number of hydrogen-bond acceptors (Lipinski definition) is 11. The van der Waals surface area contributed by atoms with Crippen molar-refractivity contribution in [2.24, 2.45) is 11.8 Å². The molecule has 2 saturated carbocycles. The van der Waals surface area contributed by atoms with Crippen LogP contribution in [-0.4, -0.2) is 77.8 Å². The maximum absolute atomic E-state index is 11.6. The number of benzene rings is 2. The molecule has 6 atom stereocenters. The molecule has 0 saturated heterocycles. The van der Waals surface area contributed by atoms with Crippen LogP contribution in [0.4, 0.5) is 0 Å². The van der Waals surface area contributed by atoms with E-state index in [1.807, 2.05) is 48.5 Å². The van der Waals surface area contributed by atoms with Crippen LogP contribution in [0.15, 0.2) is 48.5 Å². The van der Waals surface area contributed by atoms with Crippen LogP contribution in [-0.2, 0) is 51.0 Å². The second-order valence-electron chi connectivity index (χ2n) is 11.8. The number of carboxylic acids is 2. The van der Waals surface area contributed by atoms with E-state index in [0.29, 0.717) is 39.3 Å². The summed E-state index contributed by atoms with van der Waals surface area (Å²) in [5.41, 5.74) is 4.01. The van der Waals surface area contributed by atoms with Gasteiger partial charge in [0.05, 0.1) is 44.6 Å². The molecule has 2 fully saturated rings. The number of aliphatic hydroxyl groups is 2. The van der Waals surface area contributed by atoms with Gasteiger partial charge in [0.1, 0.15) is 0 Å². The molecule has 0 aromatic heterocycles. The van der Waals surface area contributed by atoms with Crippen LogP contribution in [0.3, 0.4) is 0 Å². The molecule has 4 aliphatic rings. The molecule has 0 amide bonds. The molecule has 13 heteroatoms. The van der Waals surface area contributed by atoms with Crippen LogP contribution in [0.1, 0.15) is 86.8 Å². The van der Waals surface area contributed by atoms with E-state index >= 15 is 0 Å². The topological polar surface area (TPSA) is 189 Å². The third-order valence-corrected chi connectivity index (χ3v) is 8.56. The van der Waals surface area contributed by atoms with E-state index in [-0.39, 0.29) is 36.7 Å². The van der Waals surface area contributed by atoms with Gasteiger partial charge in [-0.3, -0.25) is 4.79 Å². The first-order valence-corrected chi connectivity index (χ1v) is 16.6. The van der Waals surface area contributed by atoms with Crippen molar-refractivity contribution in [1.82, 2.24) is 0 Å². The van der Waals surface area contributed by atoms with E-state index in [1.54, 1.807) is 13.8 Å². The summed E-state index contributed by atoms with van der Waals surface area (Å²) < 4.78 is 20.4. The minimum Gasteiger partial charge on any atom is -0.550 e. The summed E-state index contributed by atoms with van der Waals surface area (Å²) in [5.74, 6) is -3.41. The largest absolute Gasteiger partial charge is 1.00 e. The van der Waals surface area contributed by atoms with Gasteiger partial charge in [0.15, 0.2) is 12.2 Å². The van der Waals surface area contributed by atoms with Gasteiger partial charge >= 0.3 is 36.8 Å². The van der Waals surface area contributed by atoms with Gasteiger partial charge in [-0.25, -0.2) is 9.59 Å². The van der Waals surface area contributed by atoms with Gasteiger partial charge in [-0.1, -0.05) is 55.0 Å². The van der Waals surface area contributed by atoms with Crippen molar-refractivity contribution in [3.63, 3.8) is 0 Å². The molecular formula is C36H47LiO12. The van der Waals surface area contributed by atoms with Gasteiger partial charge in [-0.15, -0.1) is 0 Å². The van der Waals surface area contributed by atoms with Crippen molar-refractivity contribution < 1.29 is 77.4 Å². The first-order valence-electron chi connectivity index (χ1n) is 16.6. The molecule has 2 aromatic carbocycles. The molecule has 2 aromatic rings. The second-order valence-corrected chi connectivity index (χ2v) is 11.8. The maximum atomic E-state index is 11.6. The Labute approximate surface area is 299 Å². The Hall–Kier alpha value is -3.24. The number of carboxylic acid groups (broad SMARTS) is 2. The Balaban J connectivity index is 0.000000229. The van der Waals surface area contributed by atoms with E-state index in [1.165, 1.54) is 5.56 Å². The van der Waals surface area contributed by atoms with E-state index < -0.39 is 42.3 Å². The molecular weight excluding hydrogens is 631 g/mol. The van der Waals surface area contributed by atoms with E-state index in [9.17, 15) is 29.4 Å². The van der Waals surface area contributed by atoms with Crippen LogP contribution >= 0.6 is 0 Å². The van der Waals surface area contributed by atoms with Crippen molar-refractivity contribution in [3.05, 3.63) is 70.8 Å². The van der Waals surface area contributed by atoms with Crippen molar-refractivity contribution in [2.45, 2.75) is 89.6 Å². The van der Waals surface area contributed by atoms with Gasteiger partial charge in [-0.2, -0.15) is 0 Å². The molecule has 0 bridgehead atoms. The van der Waals surface area contributed by atoms with Crippen molar-refractivity contribution >= 4 is 23.9 Å². The molecule has 2 aliphatic heterocycles. The minimum atomic E-state index is -1.11. The van der Waals surface area contributed by atoms with Gasteiger partial charge < -0.3 is 44.2 Å². The molecule has 49 heavy (non-hydrogen) atoms. The number of carbonyl (C=O) groups excluding carboxylic acids is 3. The van der Waals surface area contributed by atoms with Gasteiger partial charge in [-0.05, 0) is 81.0 Å². The molecule has 12 nitrogen and oxygen atoms in total. The fourth-order valence-corrected chi connectivity index (χ4v) is 6.09. The summed E-state index contributed by atoms with van der Waals surface area (Å²) >= 11 is 0. The number of esters is 2. The fraction of sp³-hybridized carbons (Fsp3) is 0.556. The van der Waals surface area contributed by atoms with Gasteiger partial charge in [0.25, 0.3) is 0 Å². The summed E-state index contributed by atoms with van der Waals surface area (Å²) in [6.45, 7) is 5.45. The predicted octanol–water partition coefficient (Wildman–Crippen LogP) is -0.140. The van der Waals surface area contributed by atoms with Crippen LogP contribution in [0.5, 0.6) is 0 Å². The van der Waals surface area contributed by atoms with Gasteiger partial charge in [0.2, 0.25) is 0 Å². The predicted molar refractivity (Wildman–Crippen MR) is 170 cm³/mol. The Morgan fingerprint density at radius 2 is 1.16 bits per heavy atom. The summed E-state index contributed by atoms with van der Waals surface area (Å²) in [6, 6.07) is 15.4. The van der Waals surface area contributed by atoms with Crippen molar-refractivity contribution in [2.75, 3.05) is 26.4 Å². The standard InChI is InChI=1S/C12H14O3.C10H10O3.C8H14O3.C6H10O3.Li/c1-2-14-12(13)11-10-6-4-3-5-9(10)7-8-15-11;11-10(12)9-8-4-2-1-3-7(8)5-6-13-9;1-2-11-8(10)6-4-3-5-7(6)9;7-5-3-1-2-4(5)6(8)9;/h3-6,11H,2,7-8H2,1H3;1-4,9H,5-6H2,(H,11,12);6-7,9H,2-5H2,1H3;4-5,7H,1-3H2,(H,8,9);/q;;;;+1/p-1/t;;6-,7+;4-,5+;/m..11./s1. The van der Waals surface area contributed by atoms with E-state index in [4.69, 9.17) is 29.2 Å².